The number of urea groups is 1. The largest absolute Gasteiger partial charge is 0.495 e. The molecule has 0 bridgehead atoms. The van der Waals surface area contributed by atoms with Crippen LogP contribution in [0.25, 0.3) is 0 Å². The molecule has 0 aliphatic carbocycles. The number of benzene rings is 2. The van der Waals surface area contributed by atoms with E-state index in [4.69, 9.17) is 9.47 Å². The highest BCUT2D eigenvalue weighted by Crippen LogP contribution is 2.50. The second kappa shape index (κ2) is 14.2. The smallest absolute Gasteiger partial charge is 0.318 e. The Labute approximate surface area is 291 Å². The lowest BCUT2D eigenvalue weighted by atomic mass is 9.83. The van der Waals surface area contributed by atoms with E-state index in [9.17, 15) is 18.5 Å². The highest BCUT2D eigenvalue weighted by Gasteiger charge is 2.59. The first kappa shape index (κ1) is 35.1. The molecule has 2 saturated heterocycles. The van der Waals surface area contributed by atoms with Crippen molar-refractivity contribution in [1.29, 1.82) is 5.26 Å². The van der Waals surface area contributed by atoms with E-state index in [1.54, 1.807) is 24.0 Å². The number of methoxy groups -OCH3 is 1. The molecule has 3 aliphatic rings. The zero-order valence-corrected chi connectivity index (χ0v) is 29.1. The monoisotopic (exact) mass is 705 g/mol. The van der Waals surface area contributed by atoms with Crippen molar-refractivity contribution in [3.8, 4) is 17.7 Å². The Morgan fingerprint density at radius 3 is 2.44 bits per heavy atom. The van der Waals surface area contributed by atoms with Gasteiger partial charge in [-0.1, -0.05) is 19.1 Å². The number of para-hydroxylation sites is 1. The summed E-state index contributed by atoms with van der Waals surface area (Å²) in [5.41, 5.74) is -3.20. The van der Waals surface area contributed by atoms with Crippen LogP contribution in [0.5, 0.6) is 11.6 Å². The van der Waals surface area contributed by atoms with Crippen LogP contribution in [0.2, 0.25) is 0 Å². The highest BCUT2D eigenvalue weighted by atomic mass is 32.2. The van der Waals surface area contributed by atoms with E-state index >= 15 is 9.18 Å². The predicted octanol–water partition coefficient (Wildman–Crippen LogP) is 3.29. The molecule has 1 aromatic heterocycles. The molecule has 3 aromatic rings. The minimum Gasteiger partial charge on any atom is -0.495 e. The van der Waals surface area contributed by atoms with E-state index in [2.05, 4.69) is 27.0 Å². The molecular weight excluding hydrogens is 665 g/mol. The van der Waals surface area contributed by atoms with Crippen molar-refractivity contribution in [2.45, 2.75) is 43.2 Å². The van der Waals surface area contributed by atoms with Crippen molar-refractivity contribution in [3.63, 3.8) is 0 Å². The number of aromatic nitrogens is 1. The van der Waals surface area contributed by atoms with Gasteiger partial charge in [-0.3, -0.25) is 9.69 Å². The SMILES string of the molecule is CCOc1ncccc1C1(NC(=O)N2CCN(C3CCN(CC)CC3)CC2)C(=O)N(S(=O)(=O)c2ccccc2OC)c2cc(F)c(C#N)cc21. The normalized spacial score (nSPS) is 20.3. The Morgan fingerprint density at radius 1 is 1.06 bits per heavy atom. The molecule has 3 amide bonds. The summed E-state index contributed by atoms with van der Waals surface area (Å²) in [7, 11) is -3.51. The van der Waals surface area contributed by atoms with Crippen LogP contribution in [0, 0.1) is 17.1 Å². The fourth-order valence-electron chi connectivity index (χ4n) is 7.17. The summed E-state index contributed by atoms with van der Waals surface area (Å²) in [6.45, 7) is 9.03. The van der Waals surface area contributed by atoms with Crippen LogP contribution in [-0.4, -0.2) is 106 Å². The van der Waals surface area contributed by atoms with Crippen LogP contribution in [0.15, 0.2) is 59.6 Å². The van der Waals surface area contributed by atoms with E-state index in [1.165, 1.54) is 43.6 Å². The van der Waals surface area contributed by atoms with Gasteiger partial charge in [0.2, 0.25) is 5.88 Å². The number of hydrogen-bond acceptors (Lipinski definition) is 10. The van der Waals surface area contributed by atoms with E-state index < -0.39 is 38.9 Å². The lowest BCUT2D eigenvalue weighted by molar-refractivity contribution is -0.121. The maximum atomic E-state index is 15.4. The van der Waals surface area contributed by atoms with E-state index in [-0.39, 0.29) is 39.9 Å². The zero-order chi connectivity index (χ0) is 35.6. The number of rotatable bonds is 9. The first-order valence-electron chi connectivity index (χ1n) is 16.7. The van der Waals surface area contributed by atoms with Gasteiger partial charge in [-0.15, -0.1) is 0 Å². The minimum absolute atomic E-state index is 0.0241. The molecular formula is C35H40FN7O6S. The average molecular weight is 706 g/mol. The van der Waals surface area contributed by atoms with E-state index in [0.717, 1.165) is 44.6 Å². The Morgan fingerprint density at radius 2 is 1.78 bits per heavy atom. The standard InChI is InChI=1S/C35H40FN7O6S/c1-4-40-15-12-25(13-16-40)41-17-19-42(20-18-41)34(45)39-35(26-9-8-14-38-32(26)49-5-2)27-21-24(23-37)28(36)22-29(27)43(33(35)44)50(46,47)31-11-7-6-10-30(31)48-3/h6-11,14,21-22,25H,4-5,12-13,15-20H2,1-3H3,(H,39,45). The molecule has 0 spiro atoms. The molecule has 13 nitrogen and oxygen atoms in total. The van der Waals surface area contributed by atoms with Gasteiger partial charge in [0.1, 0.15) is 22.5 Å². The van der Waals surface area contributed by atoms with Gasteiger partial charge in [0, 0.05) is 50.0 Å². The zero-order valence-electron chi connectivity index (χ0n) is 28.3. The lowest BCUT2D eigenvalue weighted by Gasteiger charge is -2.43. The first-order chi connectivity index (χ1) is 24.1. The number of fused-ring (bicyclic) bond motifs is 1. The number of halogens is 1. The molecule has 6 rings (SSSR count). The number of carbonyl (C=O) groups excluding carboxylic acids is 2. The van der Waals surface area contributed by atoms with Gasteiger partial charge >= 0.3 is 6.03 Å². The minimum atomic E-state index is -4.80. The van der Waals surface area contributed by atoms with Gasteiger partial charge < -0.3 is 24.6 Å². The number of piperazine rings is 1. The number of carbonyl (C=O) groups is 2. The topological polar surface area (TPSA) is 148 Å². The number of sulfonamides is 1. The van der Waals surface area contributed by atoms with Crippen LogP contribution in [0.3, 0.4) is 0 Å². The molecule has 0 radical (unpaired) electrons. The summed E-state index contributed by atoms with van der Waals surface area (Å²) in [5, 5.41) is 12.7. The quantitative estimate of drug-likeness (QED) is 0.352. The first-order valence-corrected chi connectivity index (χ1v) is 18.1. The van der Waals surface area contributed by atoms with Gasteiger partial charge in [0.15, 0.2) is 5.54 Å². The van der Waals surface area contributed by atoms with Crippen LogP contribution < -0.4 is 19.1 Å². The number of nitriles is 1. The van der Waals surface area contributed by atoms with Crippen LogP contribution in [0.1, 0.15) is 43.4 Å². The Balaban J connectivity index is 1.44. The Bertz CT molecular complexity index is 1920. The molecule has 0 saturated carbocycles. The molecule has 1 N–H and O–H groups in total. The van der Waals surface area contributed by atoms with Gasteiger partial charge in [0.25, 0.3) is 15.9 Å². The predicted molar refractivity (Wildman–Crippen MR) is 182 cm³/mol. The highest BCUT2D eigenvalue weighted by molar-refractivity contribution is 7.93. The van der Waals surface area contributed by atoms with Crippen molar-refractivity contribution in [2.75, 3.05) is 63.8 Å². The summed E-state index contributed by atoms with van der Waals surface area (Å²) >= 11 is 0. The second-order valence-corrected chi connectivity index (χ2v) is 14.1. The molecule has 3 aliphatic heterocycles. The molecule has 1 atom stereocenters. The van der Waals surface area contributed by atoms with E-state index in [1.807, 2.05) is 0 Å². The van der Waals surface area contributed by atoms with Crippen LogP contribution >= 0.6 is 0 Å². The number of hydrogen-bond donors (Lipinski definition) is 1. The van der Waals surface area contributed by atoms with Crippen molar-refractivity contribution in [2.24, 2.45) is 0 Å². The molecule has 2 fully saturated rings. The van der Waals surface area contributed by atoms with Crippen molar-refractivity contribution >= 4 is 27.6 Å². The average Bonchev–Trinajstić information content (AvgIpc) is 3.38. The molecule has 2 aromatic carbocycles. The Kier molecular flexibility index (Phi) is 9.97. The molecule has 1 unspecified atom stereocenters. The number of nitrogens with zero attached hydrogens (tertiary/aromatic N) is 6. The van der Waals surface area contributed by atoms with Crippen molar-refractivity contribution in [1.82, 2.24) is 25.0 Å². The maximum Gasteiger partial charge on any atom is 0.318 e. The summed E-state index contributed by atoms with van der Waals surface area (Å²) in [6.07, 6.45) is 3.52. The third kappa shape index (κ3) is 6.01. The summed E-state index contributed by atoms with van der Waals surface area (Å²) in [5.74, 6) is -2.26. The lowest BCUT2D eigenvalue weighted by Crippen LogP contribution is -2.61. The molecule has 50 heavy (non-hydrogen) atoms. The van der Waals surface area contributed by atoms with Gasteiger partial charge in [-0.25, -0.2) is 22.6 Å². The van der Waals surface area contributed by atoms with Gasteiger partial charge in [0.05, 0.1) is 30.5 Å². The van der Waals surface area contributed by atoms with Gasteiger partial charge in [-0.2, -0.15) is 9.57 Å². The van der Waals surface area contributed by atoms with E-state index in [0.29, 0.717) is 36.5 Å². The maximum absolute atomic E-state index is 15.4. The number of anilines is 1. The number of pyridine rings is 1. The number of piperidine rings is 1. The van der Waals surface area contributed by atoms with Crippen molar-refractivity contribution in [3.05, 3.63) is 77.2 Å². The number of nitrogens with one attached hydrogen (secondary N) is 1. The molecule has 264 valence electrons. The second-order valence-electron chi connectivity index (χ2n) is 12.3. The number of likely N-dealkylation sites (tertiary alicyclic amines) is 1. The number of amides is 3. The summed E-state index contributed by atoms with van der Waals surface area (Å²) < 4.78 is 55.9. The molecule has 4 heterocycles. The summed E-state index contributed by atoms with van der Waals surface area (Å²) in [6, 6.07) is 12.2. The fraction of sp³-hybridized carbons (Fsp3) is 0.429. The van der Waals surface area contributed by atoms with Crippen LogP contribution in [0.4, 0.5) is 14.9 Å². The number of ether oxygens (including phenoxy) is 2. The fourth-order valence-corrected chi connectivity index (χ4v) is 8.79. The molecule has 15 heteroatoms. The van der Waals surface area contributed by atoms with Crippen LogP contribution in [-0.2, 0) is 20.4 Å². The summed E-state index contributed by atoms with van der Waals surface area (Å²) in [4.78, 5) is 39.7. The Hall–Kier alpha value is -4.78. The van der Waals surface area contributed by atoms with Crippen molar-refractivity contribution < 1.29 is 31.9 Å². The van der Waals surface area contributed by atoms with Gasteiger partial charge in [-0.05, 0) is 69.7 Å². The third-order valence-electron chi connectivity index (χ3n) is 9.79. The third-order valence-corrected chi connectivity index (χ3v) is 11.5.